The molecule has 0 saturated carbocycles. The van der Waals surface area contributed by atoms with E-state index in [1.807, 2.05) is 0 Å². The number of carbonyl (C=O) groups excluding carboxylic acids is 1. The van der Waals surface area contributed by atoms with E-state index in [0.717, 1.165) is 6.08 Å². The predicted octanol–water partition coefficient (Wildman–Crippen LogP) is -2.55. The third kappa shape index (κ3) is 9.53. The van der Waals surface area contributed by atoms with Gasteiger partial charge in [0, 0.05) is 6.08 Å². The Morgan fingerprint density at radius 2 is 1.43 bits per heavy atom. The van der Waals surface area contributed by atoms with Crippen LogP contribution in [-0.2, 0) is 44.4 Å². The van der Waals surface area contributed by atoms with Gasteiger partial charge in [-0.25, -0.2) is 4.79 Å². The van der Waals surface area contributed by atoms with E-state index in [0.29, 0.717) is 11.1 Å². The highest BCUT2D eigenvalue weighted by Gasteiger charge is 2.54. The molecule has 3 fully saturated rings. The van der Waals surface area contributed by atoms with Crippen LogP contribution in [-0.4, -0.2) is 168 Å². The third-order valence-electron chi connectivity index (χ3n) is 8.99. The fraction of sp³-hybridized carbons (Fsp3) is 0.559. The van der Waals surface area contributed by atoms with Crippen LogP contribution in [0.2, 0.25) is 0 Å². The lowest BCUT2D eigenvalue weighted by Crippen LogP contribution is -2.66. The fourth-order valence-corrected chi connectivity index (χ4v) is 5.94. The van der Waals surface area contributed by atoms with E-state index in [9.17, 15) is 61.0 Å². The Morgan fingerprint density at radius 1 is 0.755 bits per heavy atom. The summed E-state index contributed by atoms with van der Waals surface area (Å²) in [7, 11) is 0. The Morgan fingerprint density at radius 3 is 2.11 bits per heavy atom. The number of aromatic hydroxyl groups is 4. The first-order valence-electron chi connectivity index (χ1n) is 16.6. The molecule has 2 aromatic carbocycles. The molecule has 11 N–H and O–H groups in total. The minimum Gasteiger partial charge on any atom is -0.504 e. The second-order valence-electron chi connectivity index (χ2n) is 12.8. The molecular formula is C34H44O19. The minimum absolute atomic E-state index is 0.137. The van der Waals surface area contributed by atoms with E-state index in [4.69, 9.17) is 33.2 Å². The van der Waals surface area contributed by atoms with Gasteiger partial charge >= 0.3 is 5.97 Å². The Bertz CT molecular complexity index is 1560. The molecule has 53 heavy (non-hydrogen) atoms. The molecule has 0 bridgehead atoms. The van der Waals surface area contributed by atoms with Crippen LogP contribution >= 0.6 is 0 Å². The standard InChI is InChI=1S/C34H44O19/c1-14-24(42)26(44)31(53-32-27(45)25(43)21(40)13-48-32)34(49-14)52-30-28(46)33(47-9-8-16-3-6-18(37)20(39)11-16)50-22(12-35)29(30)51-23(41)7-4-15-2-5-17(36)19(38)10-15/h2-7,10-11,14,21-22,24-40,42-46H,8-9,12-13H2,1H3/t14-,21+,22+,24-,25-,26+,27-,28+,29+,30+,31+,32+,33+,34-/m0/s1. The third-order valence-corrected chi connectivity index (χ3v) is 8.99. The van der Waals surface area contributed by atoms with Crippen molar-refractivity contribution >= 4 is 12.0 Å². The molecule has 14 atom stereocenters. The van der Waals surface area contributed by atoms with E-state index in [2.05, 4.69) is 0 Å². The second kappa shape index (κ2) is 17.6. The van der Waals surface area contributed by atoms with Gasteiger partial charge in [0.1, 0.15) is 54.9 Å². The maximum absolute atomic E-state index is 13.1. The van der Waals surface area contributed by atoms with Gasteiger partial charge in [0.15, 0.2) is 48.0 Å². The minimum atomic E-state index is -1.82. The van der Waals surface area contributed by atoms with Gasteiger partial charge in [-0.1, -0.05) is 12.1 Å². The van der Waals surface area contributed by atoms with Crippen LogP contribution < -0.4 is 0 Å². The number of esters is 1. The molecule has 0 aromatic heterocycles. The van der Waals surface area contributed by atoms with Gasteiger partial charge in [-0.05, 0) is 54.8 Å². The van der Waals surface area contributed by atoms with Crippen molar-refractivity contribution in [3.05, 3.63) is 53.6 Å². The summed E-state index contributed by atoms with van der Waals surface area (Å²) in [5.41, 5.74) is 0.834. The molecule has 5 rings (SSSR count). The normalized spacial score (nSPS) is 36.4. The van der Waals surface area contributed by atoms with E-state index in [1.54, 1.807) is 0 Å². The van der Waals surface area contributed by atoms with Gasteiger partial charge in [-0.15, -0.1) is 0 Å². The van der Waals surface area contributed by atoms with Crippen LogP contribution in [0.25, 0.3) is 6.08 Å². The number of hydrogen-bond acceptors (Lipinski definition) is 19. The van der Waals surface area contributed by atoms with Crippen molar-refractivity contribution in [3.63, 3.8) is 0 Å². The van der Waals surface area contributed by atoms with Gasteiger partial charge in [-0.3, -0.25) is 0 Å². The molecule has 19 nitrogen and oxygen atoms in total. The average Bonchev–Trinajstić information content (AvgIpc) is 3.13. The number of phenols is 4. The van der Waals surface area contributed by atoms with Crippen LogP contribution in [0.4, 0.5) is 0 Å². The Hall–Kier alpha value is -3.67. The van der Waals surface area contributed by atoms with Crippen molar-refractivity contribution in [2.24, 2.45) is 0 Å². The molecule has 294 valence electrons. The summed E-state index contributed by atoms with van der Waals surface area (Å²) in [5, 5.41) is 113. The lowest BCUT2D eigenvalue weighted by molar-refractivity contribution is -0.381. The lowest BCUT2D eigenvalue weighted by atomic mass is 9.96. The summed E-state index contributed by atoms with van der Waals surface area (Å²) < 4.78 is 40.1. The van der Waals surface area contributed by atoms with Crippen molar-refractivity contribution in [2.45, 2.75) is 99.4 Å². The van der Waals surface area contributed by atoms with Crippen molar-refractivity contribution in [1.29, 1.82) is 0 Å². The SMILES string of the molecule is C[C@@H]1O[C@@H](O[C@@H]2[C@@H](O)[C@H](OCCc3ccc(O)c(O)c3)O[C@H](CO)[C@H]2OC(=O)C=Cc2ccc(O)c(O)c2)[C@H](O[C@H]2OC[C@@H](O)[C@H](O)[C@@H]2O)[C@H](O)[C@H]1O. The highest BCUT2D eigenvalue weighted by molar-refractivity contribution is 5.87. The van der Waals surface area contributed by atoms with Gasteiger partial charge in [-0.2, -0.15) is 0 Å². The lowest BCUT2D eigenvalue weighted by Gasteiger charge is -2.48. The molecule has 2 aromatic rings. The Balaban J connectivity index is 1.39. The first kappa shape index (κ1) is 40.5. The van der Waals surface area contributed by atoms with E-state index < -0.39 is 111 Å². The number of rotatable bonds is 12. The molecule has 19 heteroatoms. The monoisotopic (exact) mass is 756 g/mol. The Kier molecular flexibility index (Phi) is 13.5. The zero-order valence-corrected chi connectivity index (χ0v) is 28.2. The van der Waals surface area contributed by atoms with Crippen molar-refractivity contribution < 1.29 is 94.1 Å². The number of aliphatic hydroxyl groups is 7. The van der Waals surface area contributed by atoms with Crippen LogP contribution in [0.1, 0.15) is 18.1 Å². The highest BCUT2D eigenvalue weighted by atomic mass is 16.8. The van der Waals surface area contributed by atoms with Gasteiger partial charge in [0.05, 0.1) is 25.9 Å². The predicted molar refractivity (Wildman–Crippen MR) is 174 cm³/mol. The molecule has 0 aliphatic carbocycles. The maximum atomic E-state index is 13.1. The maximum Gasteiger partial charge on any atom is 0.331 e. The number of carbonyl (C=O) groups is 1. The fourth-order valence-electron chi connectivity index (χ4n) is 5.94. The zero-order chi connectivity index (χ0) is 38.6. The Labute approximate surface area is 302 Å². The first-order valence-corrected chi connectivity index (χ1v) is 16.6. The van der Waals surface area contributed by atoms with Crippen LogP contribution in [0.5, 0.6) is 23.0 Å². The second-order valence-corrected chi connectivity index (χ2v) is 12.8. The number of benzene rings is 2. The summed E-state index contributed by atoms with van der Waals surface area (Å²) in [6.07, 6.45) is -20.3. The molecular weight excluding hydrogens is 712 g/mol. The summed E-state index contributed by atoms with van der Waals surface area (Å²) in [4.78, 5) is 13.1. The first-order chi connectivity index (χ1) is 25.2. The topological polar surface area (TPSA) is 304 Å². The molecule has 3 aliphatic rings. The average molecular weight is 757 g/mol. The van der Waals surface area contributed by atoms with Crippen molar-refractivity contribution in [3.8, 4) is 23.0 Å². The van der Waals surface area contributed by atoms with Crippen molar-refractivity contribution in [2.75, 3.05) is 19.8 Å². The number of phenolic OH excluding ortho intramolecular Hbond substituents is 4. The largest absolute Gasteiger partial charge is 0.504 e. The van der Waals surface area contributed by atoms with Crippen molar-refractivity contribution in [1.82, 2.24) is 0 Å². The zero-order valence-electron chi connectivity index (χ0n) is 28.2. The molecule has 0 amide bonds. The van der Waals surface area contributed by atoms with E-state index in [1.165, 1.54) is 49.4 Å². The summed E-state index contributed by atoms with van der Waals surface area (Å²) >= 11 is 0. The number of aliphatic hydroxyl groups excluding tert-OH is 7. The summed E-state index contributed by atoms with van der Waals surface area (Å²) in [6.45, 7) is -0.0224. The molecule has 0 radical (unpaired) electrons. The van der Waals surface area contributed by atoms with E-state index in [-0.39, 0.29) is 30.3 Å². The molecule has 3 heterocycles. The summed E-state index contributed by atoms with van der Waals surface area (Å²) in [5.74, 6) is -2.58. The van der Waals surface area contributed by atoms with Gasteiger partial charge < -0.3 is 89.3 Å². The molecule has 3 saturated heterocycles. The smallest absolute Gasteiger partial charge is 0.331 e. The molecule has 0 spiro atoms. The molecule has 0 unspecified atom stereocenters. The highest BCUT2D eigenvalue weighted by Crippen LogP contribution is 2.34. The summed E-state index contributed by atoms with van der Waals surface area (Å²) in [6, 6.07) is 7.85. The van der Waals surface area contributed by atoms with Gasteiger partial charge in [0.2, 0.25) is 0 Å². The number of ether oxygens (including phenoxy) is 7. The van der Waals surface area contributed by atoms with Crippen LogP contribution in [0, 0.1) is 0 Å². The quantitative estimate of drug-likeness (QED) is 0.0603. The number of hydrogen-bond donors (Lipinski definition) is 11. The van der Waals surface area contributed by atoms with Crippen LogP contribution in [0.15, 0.2) is 42.5 Å². The van der Waals surface area contributed by atoms with Gasteiger partial charge in [0.25, 0.3) is 0 Å². The molecule has 3 aliphatic heterocycles. The van der Waals surface area contributed by atoms with Crippen LogP contribution in [0.3, 0.4) is 0 Å². The van der Waals surface area contributed by atoms with E-state index >= 15 is 0 Å².